The fraction of sp³-hybridized carbons (Fsp3) is 0.709. The van der Waals surface area contributed by atoms with E-state index in [1.807, 2.05) is 61.6 Å². The van der Waals surface area contributed by atoms with Crippen molar-refractivity contribution in [2.75, 3.05) is 13.1 Å². The summed E-state index contributed by atoms with van der Waals surface area (Å²) < 4.78 is 24.3. The second-order valence-corrected chi connectivity index (χ2v) is 20.5. The number of ether oxygens (including phenoxy) is 4. The van der Waals surface area contributed by atoms with Crippen molar-refractivity contribution in [3.8, 4) is 0 Å². The molecule has 3 fully saturated rings. The minimum Gasteiger partial charge on any atom is -0.462 e. The molecule has 414 valence electrons. The molecular weight excluding hydrogens is 945 g/mol. The second-order valence-electron chi connectivity index (χ2n) is 20.5. The van der Waals surface area contributed by atoms with Gasteiger partial charge in [0, 0.05) is 44.1 Å². The van der Waals surface area contributed by atoms with E-state index in [0.29, 0.717) is 19.5 Å². The van der Waals surface area contributed by atoms with Crippen LogP contribution in [0.5, 0.6) is 0 Å². The van der Waals surface area contributed by atoms with Crippen molar-refractivity contribution in [1.82, 2.24) is 10.6 Å². The van der Waals surface area contributed by atoms with Crippen LogP contribution < -0.4 is 10.6 Å². The molecule has 0 saturated carbocycles. The average Bonchev–Trinajstić information content (AvgIpc) is 3.32. The Kier molecular flexibility index (Phi) is 27.4. The number of carbonyl (C=O) groups is 2. The third kappa shape index (κ3) is 21.6. The Morgan fingerprint density at radius 1 is 0.562 bits per heavy atom. The number of carbonyl (C=O) groups excluding carboxylic acids is 2. The molecule has 0 spiro atoms. The van der Waals surface area contributed by atoms with E-state index in [2.05, 4.69) is 10.6 Å². The van der Waals surface area contributed by atoms with Gasteiger partial charge in [-0.05, 0) is 52.5 Å². The predicted molar refractivity (Wildman–Crippen MR) is 274 cm³/mol. The molecule has 4 heterocycles. The van der Waals surface area contributed by atoms with E-state index in [-0.39, 0.29) is 31.6 Å². The van der Waals surface area contributed by atoms with Gasteiger partial charge < -0.3 is 80.6 Å². The van der Waals surface area contributed by atoms with Crippen molar-refractivity contribution >= 4 is 11.9 Å². The van der Waals surface area contributed by atoms with E-state index >= 15 is 0 Å². The Morgan fingerprint density at radius 2 is 1.15 bits per heavy atom. The predicted octanol–water partition coefficient (Wildman–Crippen LogP) is 2.73. The molecule has 12 N–H and O–H groups in total. The Balaban J connectivity index is 1.62. The van der Waals surface area contributed by atoms with Crippen molar-refractivity contribution < 1.29 is 79.6 Å². The van der Waals surface area contributed by atoms with Crippen LogP contribution in [0.3, 0.4) is 0 Å². The van der Waals surface area contributed by atoms with Gasteiger partial charge in [0.2, 0.25) is 5.91 Å². The first-order valence-electron chi connectivity index (χ1n) is 26.5. The SMILES string of the molecule is C[C@@H]1[C@H](O)[C@@H](C)C=CC=CC=CC=CC=CC=CC=C[C@H]2C[C@@H]3O[C@](O)(C[C@@H](O)C[C@@H](O)[C@H](O)CC[C@@H](O)C[C@@H](O)CC(=O)O[C@H]1C)C[C@H](O)[C@H]3C(=O)NCCCCCCCCN[C@H]1[C@H](O)[C@H](O2)O[C@H](C)[C@H]1O. The Hall–Kier alpha value is -3.44. The van der Waals surface area contributed by atoms with E-state index < -0.39 is 147 Å². The molecule has 4 aliphatic heterocycles. The number of cyclic esters (lactones) is 1. The summed E-state index contributed by atoms with van der Waals surface area (Å²) in [7, 11) is 0. The number of allylic oxidation sites excluding steroid dienone is 12. The summed E-state index contributed by atoms with van der Waals surface area (Å²) in [5.74, 6) is -5.39. The fourth-order valence-corrected chi connectivity index (χ4v) is 9.75. The van der Waals surface area contributed by atoms with Crippen LogP contribution in [0.15, 0.2) is 85.1 Å². The molecule has 4 aliphatic rings. The number of esters is 1. The van der Waals surface area contributed by atoms with Gasteiger partial charge >= 0.3 is 5.97 Å². The van der Waals surface area contributed by atoms with Gasteiger partial charge in [-0.1, -0.05) is 125 Å². The van der Waals surface area contributed by atoms with Gasteiger partial charge in [0.15, 0.2) is 12.1 Å². The quantitative estimate of drug-likeness (QED) is 0.155. The molecule has 0 aromatic carbocycles. The van der Waals surface area contributed by atoms with Gasteiger partial charge in [0.1, 0.15) is 12.2 Å². The molecule has 0 radical (unpaired) electrons. The average molecular weight is 1030 g/mol. The highest BCUT2D eigenvalue weighted by Crippen LogP contribution is 2.38. The van der Waals surface area contributed by atoms with Crippen LogP contribution in [0.1, 0.15) is 118 Å². The van der Waals surface area contributed by atoms with Crippen LogP contribution in [-0.2, 0) is 28.5 Å². The third-order valence-electron chi connectivity index (χ3n) is 14.3. The standard InChI is InChI=1S/C55H88N2O16/c1-35-23-19-15-11-9-7-5-6-8-10-12-16-20-24-42-32-46-48(53(68)57-28-22-18-14-13-17-21-27-56-49-51(66)38(4)71-54(72-42)52(49)67)45(63)34-55(69,73-46)33-41(60)30-44(62)43(61)26-25-39(58)29-40(59)31-47(64)70-37(3)36(2)50(35)65/h5-12,15-16,19-20,23-24,35-46,48-52,54,56,58-63,65-67,69H,13-14,17-18,21-22,25-34H2,1-4H3,(H,57,68)/t35-,36-,37-,38+,39+,40+,41-,42-,43+,44+,45-,46-,48+,49+,50+,51+,52-,54-,55+/m0/s1. The third-order valence-corrected chi connectivity index (χ3v) is 14.3. The number of aliphatic hydroxyl groups is 10. The first-order chi connectivity index (χ1) is 34.8. The number of nitrogens with one attached hydrogen (secondary N) is 2. The zero-order valence-electron chi connectivity index (χ0n) is 43.2. The van der Waals surface area contributed by atoms with Crippen molar-refractivity contribution in [2.45, 2.75) is 215 Å². The van der Waals surface area contributed by atoms with Gasteiger partial charge in [-0.2, -0.15) is 0 Å². The summed E-state index contributed by atoms with van der Waals surface area (Å²) in [6.45, 7) is 7.82. The van der Waals surface area contributed by atoms with E-state index in [9.17, 15) is 60.7 Å². The first-order valence-corrected chi connectivity index (χ1v) is 26.5. The number of hydrogen-bond donors (Lipinski definition) is 12. The van der Waals surface area contributed by atoms with Crippen LogP contribution in [0.25, 0.3) is 0 Å². The van der Waals surface area contributed by atoms with Crippen molar-refractivity contribution in [2.24, 2.45) is 17.8 Å². The zero-order valence-corrected chi connectivity index (χ0v) is 43.2. The van der Waals surface area contributed by atoms with Crippen LogP contribution in [-0.4, -0.2) is 174 Å². The molecule has 3 saturated heterocycles. The minimum atomic E-state index is -2.24. The molecule has 0 aromatic rings. The molecule has 73 heavy (non-hydrogen) atoms. The number of fused-ring (bicyclic) bond motifs is 4. The molecule has 0 unspecified atom stereocenters. The zero-order chi connectivity index (χ0) is 53.5. The molecule has 5 bridgehead atoms. The maximum atomic E-state index is 13.9. The van der Waals surface area contributed by atoms with E-state index in [4.69, 9.17) is 18.9 Å². The maximum absolute atomic E-state index is 13.9. The number of amides is 1. The van der Waals surface area contributed by atoms with E-state index in [1.165, 1.54) is 0 Å². The van der Waals surface area contributed by atoms with Crippen LogP contribution >= 0.6 is 0 Å². The largest absolute Gasteiger partial charge is 0.462 e. The first kappa shape index (κ1) is 62.1. The van der Waals surface area contributed by atoms with Crippen molar-refractivity contribution in [3.05, 3.63) is 85.1 Å². The number of rotatable bonds is 0. The van der Waals surface area contributed by atoms with Gasteiger partial charge in [-0.3, -0.25) is 9.59 Å². The molecule has 0 aromatic heterocycles. The lowest BCUT2D eigenvalue weighted by Gasteiger charge is -2.46. The summed E-state index contributed by atoms with van der Waals surface area (Å²) in [6, 6.07) is -0.788. The summed E-state index contributed by atoms with van der Waals surface area (Å²) >= 11 is 0. The Bertz CT molecular complexity index is 1840. The lowest BCUT2D eigenvalue weighted by molar-refractivity contribution is -0.308. The molecule has 19 atom stereocenters. The number of aliphatic hydroxyl groups excluding tert-OH is 9. The minimum absolute atomic E-state index is 0.0812. The van der Waals surface area contributed by atoms with E-state index in [1.54, 1.807) is 51.2 Å². The second kappa shape index (κ2) is 32.2. The lowest BCUT2D eigenvalue weighted by Crippen LogP contribution is -2.63. The normalized spacial score (nSPS) is 41.0. The van der Waals surface area contributed by atoms with Crippen LogP contribution in [0.2, 0.25) is 0 Å². The lowest BCUT2D eigenvalue weighted by atomic mass is 9.82. The van der Waals surface area contributed by atoms with Crippen molar-refractivity contribution in [1.29, 1.82) is 0 Å². The summed E-state index contributed by atoms with van der Waals surface area (Å²) in [6.07, 6.45) is 11.3. The van der Waals surface area contributed by atoms with Gasteiger partial charge in [-0.25, -0.2) is 0 Å². The van der Waals surface area contributed by atoms with E-state index in [0.717, 1.165) is 32.1 Å². The number of hydrogen-bond acceptors (Lipinski definition) is 17. The smallest absolute Gasteiger partial charge is 0.308 e. The van der Waals surface area contributed by atoms with Gasteiger partial charge in [0.05, 0.1) is 85.5 Å². The highest BCUT2D eigenvalue weighted by molar-refractivity contribution is 5.80. The van der Waals surface area contributed by atoms with Gasteiger partial charge in [-0.15, -0.1) is 0 Å². The molecule has 0 aliphatic carbocycles. The highest BCUT2D eigenvalue weighted by Gasteiger charge is 2.51. The monoisotopic (exact) mass is 1030 g/mol. The Labute approximate surface area is 431 Å². The molecular formula is C55H88N2O16. The summed E-state index contributed by atoms with van der Waals surface area (Å²) in [5, 5.41) is 118. The highest BCUT2D eigenvalue weighted by atomic mass is 16.7. The summed E-state index contributed by atoms with van der Waals surface area (Å²) in [4.78, 5) is 26.7. The molecule has 1 amide bonds. The van der Waals surface area contributed by atoms with Gasteiger partial charge in [0.25, 0.3) is 0 Å². The molecule has 18 nitrogen and oxygen atoms in total. The topological polar surface area (TPSA) is 297 Å². The maximum Gasteiger partial charge on any atom is 0.308 e. The Morgan fingerprint density at radius 3 is 1.79 bits per heavy atom. The molecule has 4 rings (SSSR count). The molecule has 18 heteroatoms. The van der Waals surface area contributed by atoms with Crippen molar-refractivity contribution in [3.63, 3.8) is 0 Å². The van der Waals surface area contributed by atoms with Crippen LogP contribution in [0, 0.1) is 17.8 Å². The van der Waals surface area contributed by atoms with Crippen LogP contribution in [0.4, 0.5) is 0 Å². The fourth-order valence-electron chi connectivity index (χ4n) is 9.75. The summed E-state index contributed by atoms with van der Waals surface area (Å²) in [5.41, 5.74) is 0.